The summed E-state index contributed by atoms with van der Waals surface area (Å²) in [5.74, 6) is -1.34. The molecule has 0 amide bonds. The van der Waals surface area contributed by atoms with Crippen molar-refractivity contribution in [2.45, 2.75) is 19.4 Å². The molecule has 0 aliphatic rings. The maximum Gasteiger partial charge on any atom is 0.334 e. The van der Waals surface area contributed by atoms with Crippen molar-refractivity contribution in [3.63, 3.8) is 0 Å². The highest BCUT2D eigenvalue weighted by Crippen LogP contribution is 2.06. The molecule has 0 aromatic rings. The van der Waals surface area contributed by atoms with E-state index in [1.54, 1.807) is 0 Å². The van der Waals surface area contributed by atoms with Gasteiger partial charge in [0.15, 0.2) is 6.10 Å². The van der Waals surface area contributed by atoms with Crippen LogP contribution in [0, 0.1) is 0 Å². The van der Waals surface area contributed by atoms with E-state index in [1.165, 1.54) is 6.92 Å². The molecule has 0 bridgehead atoms. The van der Waals surface area contributed by atoms with E-state index in [0.29, 0.717) is 0 Å². The van der Waals surface area contributed by atoms with Crippen molar-refractivity contribution in [1.29, 1.82) is 0 Å². The molecule has 0 saturated carbocycles. The van der Waals surface area contributed by atoms with E-state index in [1.807, 2.05) is 0 Å². The number of carbonyl (C=O) groups is 2. The summed E-state index contributed by atoms with van der Waals surface area (Å²) in [5, 5.41) is 17.5. The molecule has 0 aromatic carbocycles. The fraction of sp³-hybridized carbons (Fsp3) is 0.455. The van der Waals surface area contributed by atoms with Crippen LogP contribution in [-0.4, -0.2) is 41.3 Å². The van der Waals surface area contributed by atoms with Gasteiger partial charge in [0.25, 0.3) is 0 Å². The van der Waals surface area contributed by atoms with Crippen LogP contribution in [0.3, 0.4) is 0 Å². The molecular weight excluding hydrogens is 212 g/mol. The predicted octanol–water partition coefficient (Wildman–Crippen LogP) is -0.0257. The Morgan fingerprint density at radius 2 is 1.88 bits per heavy atom. The molecular formula is C11H16O5. The maximum atomic E-state index is 11.4. The van der Waals surface area contributed by atoms with Gasteiger partial charge in [-0.15, -0.1) is 0 Å². The van der Waals surface area contributed by atoms with Crippen LogP contribution >= 0.6 is 0 Å². The lowest BCUT2D eigenvalue weighted by Gasteiger charge is -2.14. The Morgan fingerprint density at radius 1 is 1.31 bits per heavy atom. The minimum Gasteiger partial charge on any atom is -0.448 e. The van der Waals surface area contributed by atoms with E-state index in [4.69, 9.17) is 14.9 Å². The lowest BCUT2D eigenvalue weighted by atomic mass is 10.1. The Hall–Kier alpha value is -1.46. The van der Waals surface area contributed by atoms with Crippen molar-refractivity contribution in [1.82, 2.24) is 0 Å². The van der Waals surface area contributed by atoms with E-state index in [9.17, 15) is 9.59 Å². The quantitative estimate of drug-likeness (QED) is 0.472. The van der Waals surface area contributed by atoms with Crippen LogP contribution < -0.4 is 0 Å². The Bertz CT molecular complexity index is 305. The first-order valence-electron chi connectivity index (χ1n) is 4.74. The Balaban J connectivity index is 4.44. The molecule has 0 radical (unpaired) electrons. The SMILES string of the molecule is C=C(C)C(=O)C(CO)OC(=O)C(=C)CCO. The standard InChI is InChI=1S/C11H16O5/c1-7(2)10(14)9(6-13)16-11(15)8(3)4-5-12/h9,12-13H,1,3-6H2,2H3. The Morgan fingerprint density at radius 3 is 2.25 bits per heavy atom. The molecule has 0 heterocycles. The summed E-state index contributed by atoms with van der Waals surface area (Å²) < 4.78 is 4.73. The van der Waals surface area contributed by atoms with Gasteiger partial charge in [-0.25, -0.2) is 4.79 Å². The molecule has 0 spiro atoms. The van der Waals surface area contributed by atoms with Gasteiger partial charge in [0.2, 0.25) is 5.78 Å². The van der Waals surface area contributed by atoms with Crippen LogP contribution in [-0.2, 0) is 14.3 Å². The van der Waals surface area contributed by atoms with Crippen molar-refractivity contribution >= 4 is 11.8 Å². The molecule has 5 nitrogen and oxygen atoms in total. The third-order valence-electron chi connectivity index (χ3n) is 1.83. The third-order valence-corrected chi connectivity index (χ3v) is 1.83. The largest absolute Gasteiger partial charge is 0.448 e. The number of aliphatic hydroxyl groups is 2. The molecule has 2 N–H and O–H groups in total. The van der Waals surface area contributed by atoms with Crippen LogP contribution in [0.15, 0.2) is 24.3 Å². The fourth-order valence-electron chi connectivity index (χ4n) is 0.898. The van der Waals surface area contributed by atoms with Gasteiger partial charge in [0.1, 0.15) is 0 Å². The molecule has 1 unspecified atom stereocenters. The summed E-state index contributed by atoms with van der Waals surface area (Å²) in [6.45, 7) is 7.41. The average Bonchev–Trinajstić information content (AvgIpc) is 2.24. The van der Waals surface area contributed by atoms with Gasteiger partial charge in [-0.3, -0.25) is 4.79 Å². The number of rotatable bonds is 7. The highest BCUT2D eigenvalue weighted by Gasteiger charge is 2.23. The molecule has 16 heavy (non-hydrogen) atoms. The van der Waals surface area contributed by atoms with E-state index < -0.39 is 24.5 Å². The van der Waals surface area contributed by atoms with Gasteiger partial charge >= 0.3 is 5.97 Å². The van der Waals surface area contributed by atoms with Gasteiger partial charge < -0.3 is 14.9 Å². The number of esters is 1. The molecule has 5 heteroatoms. The zero-order valence-corrected chi connectivity index (χ0v) is 9.23. The van der Waals surface area contributed by atoms with Crippen molar-refractivity contribution in [2.75, 3.05) is 13.2 Å². The topological polar surface area (TPSA) is 83.8 Å². The zero-order chi connectivity index (χ0) is 12.7. The van der Waals surface area contributed by atoms with E-state index in [0.717, 1.165) is 0 Å². The van der Waals surface area contributed by atoms with Crippen LogP contribution in [0.4, 0.5) is 0 Å². The van der Waals surface area contributed by atoms with Crippen molar-refractivity contribution in [3.8, 4) is 0 Å². The number of ketones is 1. The molecule has 1 atom stereocenters. The monoisotopic (exact) mass is 228 g/mol. The van der Waals surface area contributed by atoms with E-state index in [2.05, 4.69) is 13.2 Å². The first-order valence-corrected chi connectivity index (χ1v) is 4.74. The molecule has 0 rings (SSSR count). The predicted molar refractivity (Wildman–Crippen MR) is 57.6 cm³/mol. The van der Waals surface area contributed by atoms with E-state index >= 15 is 0 Å². The first kappa shape index (κ1) is 14.5. The normalized spacial score (nSPS) is 11.7. The maximum absolute atomic E-state index is 11.4. The van der Waals surface area contributed by atoms with Crippen molar-refractivity contribution in [2.24, 2.45) is 0 Å². The van der Waals surface area contributed by atoms with Gasteiger partial charge in [0, 0.05) is 18.6 Å². The van der Waals surface area contributed by atoms with Gasteiger partial charge in [-0.05, 0) is 12.5 Å². The highest BCUT2D eigenvalue weighted by atomic mass is 16.6. The van der Waals surface area contributed by atoms with Crippen LogP contribution in [0.2, 0.25) is 0 Å². The molecule has 0 aromatic heterocycles. The van der Waals surface area contributed by atoms with Crippen LogP contribution in [0.1, 0.15) is 13.3 Å². The average molecular weight is 228 g/mol. The molecule has 0 aliphatic heterocycles. The number of hydrogen-bond acceptors (Lipinski definition) is 5. The number of hydrogen-bond donors (Lipinski definition) is 2. The minimum atomic E-state index is -1.25. The Labute approximate surface area is 94.0 Å². The lowest BCUT2D eigenvalue weighted by molar-refractivity contribution is -0.152. The number of ether oxygens (including phenoxy) is 1. The number of aliphatic hydroxyl groups excluding tert-OH is 2. The molecule has 0 saturated heterocycles. The highest BCUT2D eigenvalue weighted by molar-refractivity contribution is 6.00. The summed E-state index contributed by atoms with van der Waals surface area (Å²) in [6, 6.07) is 0. The van der Waals surface area contributed by atoms with Crippen molar-refractivity contribution in [3.05, 3.63) is 24.3 Å². The third kappa shape index (κ3) is 4.37. The second-order valence-electron chi connectivity index (χ2n) is 3.30. The summed E-state index contributed by atoms with van der Waals surface area (Å²) in [5.41, 5.74) is 0.245. The summed E-state index contributed by atoms with van der Waals surface area (Å²) in [6.07, 6.45) is -1.18. The fourth-order valence-corrected chi connectivity index (χ4v) is 0.898. The second-order valence-corrected chi connectivity index (χ2v) is 3.30. The zero-order valence-electron chi connectivity index (χ0n) is 9.23. The smallest absolute Gasteiger partial charge is 0.334 e. The summed E-state index contributed by atoms with van der Waals surface area (Å²) in [4.78, 5) is 22.7. The first-order chi connectivity index (χ1) is 7.43. The van der Waals surface area contributed by atoms with E-state index in [-0.39, 0.29) is 24.2 Å². The van der Waals surface area contributed by atoms with Gasteiger partial charge in [-0.1, -0.05) is 13.2 Å². The van der Waals surface area contributed by atoms with Gasteiger partial charge in [0.05, 0.1) is 6.61 Å². The lowest BCUT2D eigenvalue weighted by Crippen LogP contribution is -2.31. The summed E-state index contributed by atoms with van der Waals surface area (Å²) in [7, 11) is 0. The number of carbonyl (C=O) groups excluding carboxylic acids is 2. The van der Waals surface area contributed by atoms with Crippen molar-refractivity contribution < 1.29 is 24.5 Å². The molecule has 90 valence electrons. The summed E-state index contributed by atoms with van der Waals surface area (Å²) >= 11 is 0. The number of Topliss-reactive ketones (excluding diaryl/α,β-unsaturated/α-hetero) is 1. The van der Waals surface area contributed by atoms with Crippen LogP contribution in [0.25, 0.3) is 0 Å². The van der Waals surface area contributed by atoms with Crippen LogP contribution in [0.5, 0.6) is 0 Å². The molecule has 0 fully saturated rings. The van der Waals surface area contributed by atoms with Gasteiger partial charge in [-0.2, -0.15) is 0 Å². The Kier molecular flexibility index (Phi) is 6.29. The molecule has 0 aliphatic carbocycles. The second kappa shape index (κ2) is 6.92. The minimum absolute atomic E-state index is 0.0514.